The maximum Gasteiger partial charge on any atom is 0.136 e. The Bertz CT molecular complexity index is 227. The number of hydrogen-bond acceptors (Lipinski definition) is 2. The second kappa shape index (κ2) is 3.54. The molecule has 0 atom stereocenters. The Morgan fingerprint density at radius 2 is 2.00 bits per heavy atom. The first-order valence-electron chi connectivity index (χ1n) is 2.44. The molecule has 1 aromatic carbocycles. The summed E-state index contributed by atoms with van der Waals surface area (Å²) in [6.07, 6.45) is 0. The van der Waals surface area contributed by atoms with Gasteiger partial charge in [0.15, 0.2) is 0 Å². The zero-order chi connectivity index (χ0) is 6.85. The number of anilines is 1. The third-order valence-corrected chi connectivity index (χ3v) is 1.29. The van der Waals surface area contributed by atoms with Crippen LogP contribution in [0.2, 0.25) is 5.02 Å². The highest BCUT2D eigenvalue weighted by atomic mass is 35.5. The van der Waals surface area contributed by atoms with Crippen LogP contribution in [0, 0.1) is 0 Å². The minimum absolute atomic E-state index is 0. The van der Waals surface area contributed by atoms with E-state index in [1.807, 2.05) is 0 Å². The van der Waals surface area contributed by atoms with Crippen LogP contribution in [0.4, 0.5) is 5.69 Å². The molecular formula is C6H7Cl2NO. The molecule has 0 radical (unpaired) electrons. The maximum absolute atomic E-state index is 8.89. The Morgan fingerprint density at radius 1 is 1.40 bits per heavy atom. The van der Waals surface area contributed by atoms with Gasteiger partial charge < -0.3 is 10.8 Å². The highest BCUT2D eigenvalue weighted by molar-refractivity contribution is 6.32. The summed E-state index contributed by atoms with van der Waals surface area (Å²) >= 11 is 5.48. The lowest BCUT2D eigenvalue weighted by Crippen LogP contribution is -1.81. The van der Waals surface area contributed by atoms with Gasteiger partial charge in [-0.05, 0) is 12.1 Å². The molecule has 0 aliphatic rings. The third kappa shape index (κ3) is 1.97. The van der Waals surface area contributed by atoms with Crippen LogP contribution in [0.5, 0.6) is 5.75 Å². The minimum Gasteiger partial charge on any atom is -0.506 e. The lowest BCUT2D eigenvalue weighted by Gasteiger charge is -1.95. The van der Waals surface area contributed by atoms with E-state index in [0.29, 0.717) is 10.7 Å². The number of rotatable bonds is 0. The van der Waals surface area contributed by atoms with E-state index in [1.54, 1.807) is 12.1 Å². The number of aromatic hydroxyl groups is 1. The van der Waals surface area contributed by atoms with Crippen LogP contribution in [-0.4, -0.2) is 5.11 Å². The van der Waals surface area contributed by atoms with Gasteiger partial charge in [-0.25, -0.2) is 0 Å². The van der Waals surface area contributed by atoms with Gasteiger partial charge in [-0.1, -0.05) is 11.6 Å². The zero-order valence-corrected chi connectivity index (χ0v) is 6.62. The number of halogens is 2. The number of hydrogen-bond donors (Lipinski definition) is 2. The molecule has 0 fully saturated rings. The topological polar surface area (TPSA) is 46.2 Å². The summed E-state index contributed by atoms with van der Waals surface area (Å²) in [7, 11) is 0. The van der Waals surface area contributed by atoms with Gasteiger partial charge in [0, 0.05) is 11.8 Å². The SMILES string of the molecule is Cl.Nc1ccc(Cl)c(O)c1. The van der Waals surface area contributed by atoms with Crippen molar-refractivity contribution in [2.24, 2.45) is 0 Å². The number of nitrogen functional groups attached to an aromatic ring is 1. The van der Waals surface area contributed by atoms with E-state index in [9.17, 15) is 0 Å². The molecule has 56 valence electrons. The highest BCUT2D eigenvalue weighted by Gasteiger charge is 1.94. The molecule has 0 amide bonds. The second-order valence-electron chi connectivity index (χ2n) is 1.71. The molecule has 1 aromatic rings. The molecule has 1 rings (SSSR count). The summed E-state index contributed by atoms with van der Waals surface area (Å²) in [4.78, 5) is 0. The largest absolute Gasteiger partial charge is 0.506 e. The summed E-state index contributed by atoms with van der Waals surface area (Å²) in [5.74, 6) is 0.0247. The molecule has 0 unspecified atom stereocenters. The summed E-state index contributed by atoms with van der Waals surface area (Å²) in [6, 6.07) is 4.58. The number of phenolic OH excluding ortho intramolecular Hbond substituents is 1. The molecule has 3 N–H and O–H groups in total. The van der Waals surface area contributed by atoms with Crippen molar-refractivity contribution in [3.63, 3.8) is 0 Å². The first-order valence-corrected chi connectivity index (χ1v) is 2.82. The van der Waals surface area contributed by atoms with E-state index in [2.05, 4.69) is 0 Å². The maximum atomic E-state index is 8.89. The molecule has 4 heteroatoms. The van der Waals surface area contributed by atoms with Crippen molar-refractivity contribution in [2.75, 3.05) is 5.73 Å². The van der Waals surface area contributed by atoms with Crippen LogP contribution in [0.1, 0.15) is 0 Å². The Morgan fingerprint density at radius 3 is 2.40 bits per heavy atom. The molecule has 0 saturated heterocycles. The molecule has 0 bridgehead atoms. The molecule has 0 spiro atoms. The lowest BCUT2D eigenvalue weighted by molar-refractivity contribution is 0.476. The third-order valence-electron chi connectivity index (χ3n) is 0.970. The Labute approximate surface area is 70.0 Å². The Hall–Kier alpha value is -0.600. The standard InChI is InChI=1S/C6H6ClNO.ClH/c7-5-2-1-4(8)3-6(5)9;/h1-3,9H,8H2;1H. The zero-order valence-electron chi connectivity index (χ0n) is 5.04. The average molecular weight is 180 g/mol. The quantitative estimate of drug-likeness (QED) is 0.600. The minimum atomic E-state index is 0. The fraction of sp³-hybridized carbons (Fsp3) is 0. The van der Waals surface area contributed by atoms with E-state index < -0.39 is 0 Å². The first kappa shape index (κ1) is 9.40. The monoisotopic (exact) mass is 179 g/mol. The van der Waals surface area contributed by atoms with Crippen molar-refractivity contribution in [1.29, 1.82) is 0 Å². The number of benzene rings is 1. The van der Waals surface area contributed by atoms with Gasteiger partial charge in [-0.15, -0.1) is 12.4 Å². The number of phenols is 1. The van der Waals surface area contributed by atoms with Crippen LogP contribution in [0.3, 0.4) is 0 Å². The van der Waals surface area contributed by atoms with Crippen molar-refractivity contribution in [3.05, 3.63) is 23.2 Å². The van der Waals surface area contributed by atoms with Crippen molar-refractivity contribution in [3.8, 4) is 5.75 Å². The summed E-state index contributed by atoms with van der Waals surface area (Å²) in [5, 5.41) is 9.21. The molecule has 0 saturated carbocycles. The molecule has 0 aliphatic carbocycles. The second-order valence-corrected chi connectivity index (χ2v) is 2.12. The van der Waals surface area contributed by atoms with Gasteiger partial charge in [0.25, 0.3) is 0 Å². The normalized spacial score (nSPS) is 8.50. The molecular weight excluding hydrogens is 173 g/mol. The van der Waals surface area contributed by atoms with E-state index >= 15 is 0 Å². The predicted molar refractivity (Wildman–Crippen MR) is 44.8 cm³/mol. The summed E-state index contributed by atoms with van der Waals surface area (Å²) < 4.78 is 0. The van der Waals surface area contributed by atoms with Gasteiger partial charge in [-0.3, -0.25) is 0 Å². The molecule has 10 heavy (non-hydrogen) atoms. The Balaban J connectivity index is 0.000000810. The van der Waals surface area contributed by atoms with Gasteiger partial charge in [0.2, 0.25) is 0 Å². The van der Waals surface area contributed by atoms with Gasteiger partial charge in [0.05, 0.1) is 5.02 Å². The number of nitrogens with two attached hydrogens (primary N) is 1. The molecule has 0 heterocycles. The molecule has 0 aromatic heterocycles. The van der Waals surface area contributed by atoms with Crippen LogP contribution in [0.15, 0.2) is 18.2 Å². The van der Waals surface area contributed by atoms with Gasteiger partial charge in [0.1, 0.15) is 5.75 Å². The van der Waals surface area contributed by atoms with Crippen LogP contribution in [-0.2, 0) is 0 Å². The Kier molecular flexibility index (Phi) is 3.33. The van der Waals surface area contributed by atoms with Crippen molar-refractivity contribution in [2.45, 2.75) is 0 Å². The van der Waals surface area contributed by atoms with E-state index in [4.69, 9.17) is 22.4 Å². The van der Waals surface area contributed by atoms with Crippen molar-refractivity contribution in [1.82, 2.24) is 0 Å². The van der Waals surface area contributed by atoms with Crippen LogP contribution in [0.25, 0.3) is 0 Å². The van der Waals surface area contributed by atoms with Crippen molar-refractivity contribution >= 4 is 29.7 Å². The van der Waals surface area contributed by atoms with Crippen LogP contribution >= 0.6 is 24.0 Å². The fourth-order valence-corrected chi connectivity index (χ4v) is 0.647. The van der Waals surface area contributed by atoms with Crippen molar-refractivity contribution < 1.29 is 5.11 Å². The highest BCUT2D eigenvalue weighted by Crippen LogP contribution is 2.24. The predicted octanol–water partition coefficient (Wildman–Crippen LogP) is 2.05. The lowest BCUT2D eigenvalue weighted by atomic mass is 10.3. The smallest absolute Gasteiger partial charge is 0.136 e. The van der Waals surface area contributed by atoms with E-state index in [0.717, 1.165) is 0 Å². The fourth-order valence-electron chi connectivity index (χ4n) is 0.530. The average Bonchev–Trinajstić information content (AvgIpc) is 1.80. The molecule has 0 aliphatic heterocycles. The van der Waals surface area contributed by atoms with E-state index in [1.165, 1.54) is 6.07 Å². The summed E-state index contributed by atoms with van der Waals surface area (Å²) in [5.41, 5.74) is 5.82. The summed E-state index contributed by atoms with van der Waals surface area (Å²) in [6.45, 7) is 0. The van der Waals surface area contributed by atoms with Gasteiger partial charge in [-0.2, -0.15) is 0 Å². The van der Waals surface area contributed by atoms with Crippen LogP contribution < -0.4 is 5.73 Å². The van der Waals surface area contributed by atoms with E-state index in [-0.39, 0.29) is 18.2 Å². The molecule has 2 nitrogen and oxygen atoms in total. The van der Waals surface area contributed by atoms with Gasteiger partial charge >= 0.3 is 0 Å². The first-order chi connectivity index (χ1) is 4.20.